The van der Waals surface area contributed by atoms with E-state index >= 15 is 0 Å². The maximum Gasteiger partial charge on any atom is 0.334 e. The van der Waals surface area contributed by atoms with Gasteiger partial charge in [0.1, 0.15) is 11.2 Å². The zero-order valence-corrected chi connectivity index (χ0v) is 18.4. The summed E-state index contributed by atoms with van der Waals surface area (Å²) in [6.07, 6.45) is 10.7. The Bertz CT molecular complexity index is 970. The molecular weight excluding hydrogens is 409 g/mol. The van der Waals surface area contributed by atoms with Gasteiger partial charge < -0.3 is 10.0 Å². The molecule has 4 rings (SSSR count). The molecule has 1 aliphatic carbocycles. The summed E-state index contributed by atoms with van der Waals surface area (Å²) in [6, 6.07) is 15.3. The number of allylic oxidation sites excluding steroid dienone is 2. The highest BCUT2D eigenvalue weighted by Gasteiger charge is 2.30. The molecule has 1 aliphatic heterocycles. The highest BCUT2D eigenvalue weighted by Crippen LogP contribution is 2.32. The van der Waals surface area contributed by atoms with Gasteiger partial charge in [-0.1, -0.05) is 36.4 Å². The molecule has 0 bridgehead atoms. The van der Waals surface area contributed by atoms with E-state index in [1.165, 1.54) is 23.3 Å². The number of fused-ring (bicyclic) bond motifs is 1. The number of aliphatic carboxylic acids is 1. The van der Waals surface area contributed by atoms with Crippen LogP contribution in [-0.2, 0) is 24.1 Å². The smallest absolute Gasteiger partial charge is 0.334 e. The highest BCUT2D eigenvalue weighted by atomic mass is 32.2. The van der Waals surface area contributed by atoms with Crippen molar-refractivity contribution in [3.8, 4) is 0 Å². The van der Waals surface area contributed by atoms with Crippen molar-refractivity contribution in [1.29, 1.82) is 0 Å². The SMILES string of the molecule is O=C(O)C1=CC=CN(CC2CCc3ccccc3C2)C1SCCCc1ccc(F)cc1. The Balaban J connectivity index is 1.36. The van der Waals surface area contributed by atoms with Gasteiger partial charge in [0.25, 0.3) is 0 Å². The summed E-state index contributed by atoms with van der Waals surface area (Å²) in [5.41, 5.74) is 4.44. The first kappa shape index (κ1) is 21.7. The molecule has 0 saturated heterocycles. The second-order valence-electron chi connectivity index (χ2n) is 8.30. The van der Waals surface area contributed by atoms with Crippen LogP contribution in [0.15, 0.2) is 72.5 Å². The molecular formula is C26H28FNO2S. The van der Waals surface area contributed by atoms with E-state index in [2.05, 4.69) is 29.2 Å². The van der Waals surface area contributed by atoms with Crippen LogP contribution < -0.4 is 0 Å². The number of nitrogens with zero attached hydrogens (tertiary/aromatic N) is 1. The van der Waals surface area contributed by atoms with E-state index in [0.717, 1.165) is 50.0 Å². The Kier molecular flexibility index (Phi) is 7.13. The van der Waals surface area contributed by atoms with Crippen molar-refractivity contribution < 1.29 is 14.3 Å². The molecule has 5 heteroatoms. The molecule has 2 atom stereocenters. The van der Waals surface area contributed by atoms with E-state index < -0.39 is 5.97 Å². The molecule has 162 valence electrons. The first-order chi connectivity index (χ1) is 15.1. The Morgan fingerprint density at radius 1 is 1.13 bits per heavy atom. The fourth-order valence-electron chi connectivity index (χ4n) is 4.46. The lowest BCUT2D eigenvalue weighted by atomic mass is 9.83. The molecule has 2 aromatic carbocycles. The van der Waals surface area contributed by atoms with Crippen LogP contribution in [0.5, 0.6) is 0 Å². The van der Waals surface area contributed by atoms with Gasteiger partial charge in [0.2, 0.25) is 0 Å². The van der Waals surface area contributed by atoms with Crippen molar-refractivity contribution in [1.82, 2.24) is 4.90 Å². The summed E-state index contributed by atoms with van der Waals surface area (Å²) in [5.74, 6) is 0.309. The van der Waals surface area contributed by atoms with Crippen molar-refractivity contribution in [3.05, 3.63) is 95.0 Å². The van der Waals surface area contributed by atoms with Gasteiger partial charge in [0.05, 0.1) is 5.57 Å². The van der Waals surface area contributed by atoms with Gasteiger partial charge in [0.15, 0.2) is 0 Å². The molecule has 3 nitrogen and oxygen atoms in total. The average Bonchev–Trinajstić information content (AvgIpc) is 2.78. The molecule has 31 heavy (non-hydrogen) atoms. The van der Waals surface area contributed by atoms with Crippen molar-refractivity contribution in [3.63, 3.8) is 0 Å². The van der Waals surface area contributed by atoms with Crippen LogP contribution in [0.1, 0.15) is 29.5 Å². The monoisotopic (exact) mass is 437 g/mol. The predicted octanol–water partition coefficient (Wildman–Crippen LogP) is 5.46. The van der Waals surface area contributed by atoms with Crippen LogP contribution in [0.25, 0.3) is 0 Å². The number of benzene rings is 2. The van der Waals surface area contributed by atoms with Crippen LogP contribution in [0.2, 0.25) is 0 Å². The largest absolute Gasteiger partial charge is 0.478 e. The molecule has 0 spiro atoms. The van der Waals surface area contributed by atoms with E-state index in [-0.39, 0.29) is 11.2 Å². The van der Waals surface area contributed by atoms with Crippen molar-refractivity contribution in [2.24, 2.45) is 5.92 Å². The Morgan fingerprint density at radius 2 is 1.90 bits per heavy atom. The molecule has 2 aromatic rings. The number of carbonyl (C=O) groups is 1. The second-order valence-corrected chi connectivity index (χ2v) is 9.48. The minimum absolute atomic E-state index is 0.173. The van der Waals surface area contributed by atoms with E-state index in [9.17, 15) is 14.3 Å². The Morgan fingerprint density at radius 3 is 2.68 bits per heavy atom. The fourth-order valence-corrected chi connectivity index (χ4v) is 5.71. The van der Waals surface area contributed by atoms with Crippen molar-refractivity contribution in [2.75, 3.05) is 12.3 Å². The van der Waals surface area contributed by atoms with Crippen LogP contribution in [0, 0.1) is 11.7 Å². The highest BCUT2D eigenvalue weighted by molar-refractivity contribution is 8.00. The van der Waals surface area contributed by atoms with Crippen molar-refractivity contribution >= 4 is 17.7 Å². The summed E-state index contributed by atoms with van der Waals surface area (Å²) in [6.45, 7) is 0.866. The zero-order valence-electron chi connectivity index (χ0n) is 17.5. The molecule has 0 fully saturated rings. The number of carboxylic acids is 1. The van der Waals surface area contributed by atoms with Crippen LogP contribution >= 0.6 is 11.8 Å². The predicted molar refractivity (Wildman–Crippen MR) is 124 cm³/mol. The van der Waals surface area contributed by atoms with Gasteiger partial charge in [-0.3, -0.25) is 0 Å². The molecule has 2 unspecified atom stereocenters. The lowest BCUT2D eigenvalue weighted by Crippen LogP contribution is -2.39. The first-order valence-corrected chi connectivity index (χ1v) is 12.0. The molecule has 2 aliphatic rings. The van der Waals surface area contributed by atoms with Crippen LogP contribution in [0.3, 0.4) is 0 Å². The first-order valence-electron chi connectivity index (χ1n) is 10.9. The fraction of sp³-hybridized carbons (Fsp3) is 0.346. The lowest BCUT2D eigenvalue weighted by molar-refractivity contribution is -0.133. The third-order valence-electron chi connectivity index (χ3n) is 6.08. The minimum Gasteiger partial charge on any atom is -0.478 e. The average molecular weight is 438 g/mol. The summed E-state index contributed by atoms with van der Waals surface area (Å²) in [7, 11) is 0. The van der Waals surface area contributed by atoms with Gasteiger partial charge in [-0.15, -0.1) is 11.8 Å². The van der Waals surface area contributed by atoms with Gasteiger partial charge >= 0.3 is 5.97 Å². The standard InChI is InChI=1S/C26H28FNO2S/c27-23-13-10-19(11-14-23)5-4-16-31-25-24(26(29)30)8-3-15-28(25)18-20-9-12-21-6-1-2-7-22(21)17-20/h1-3,6-8,10-11,13-15,20,25H,4-5,9,12,16-18H2,(H,29,30). The zero-order chi connectivity index (χ0) is 21.6. The summed E-state index contributed by atoms with van der Waals surface area (Å²) >= 11 is 1.69. The Labute approximate surface area is 187 Å². The number of aryl methyl sites for hydroxylation is 2. The van der Waals surface area contributed by atoms with E-state index in [1.54, 1.807) is 17.8 Å². The minimum atomic E-state index is -0.848. The van der Waals surface area contributed by atoms with Gasteiger partial charge in [-0.25, -0.2) is 9.18 Å². The normalized spacial score (nSPS) is 20.3. The third-order valence-corrected chi connectivity index (χ3v) is 7.45. The van der Waals surface area contributed by atoms with Crippen molar-refractivity contribution in [2.45, 2.75) is 37.5 Å². The summed E-state index contributed by atoms with van der Waals surface area (Å²) in [5, 5.41) is 9.57. The number of halogens is 1. The van der Waals surface area contributed by atoms with Gasteiger partial charge in [0, 0.05) is 12.7 Å². The van der Waals surface area contributed by atoms with E-state index in [1.807, 2.05) is 24.4 Å². The molecule has 0 saturated carbocycles. The number of thioether (sulfide) groups is 1. The number of carboxylic acid groups (broad SMARTS) is 1. The summed E-state index contributed by atoms with van der Waals surface area (Å²) < 4.78 is 13.1. The number of hydrogen-bond donors (Lipinski definition) is 1. The molecule has 1 N–H and O–H groups in total. The second kappa shape index (κ2) is 10.2. The topological polar surface area (TPSA) is 40.5 Å². The van der Waals surface area contributed by atoms with Gasteiger partial charge in [-0.05, 0) is 84.7 Å². The van der Waals surface area contributed by atoms with E-state index in [0.29, 0.717) is 11.5 Å². The van der Waals surface area contributed by atoms with Crippen LogP contribution in [0.4, 0.5) is 4.39 Å². The molecule has 0 radical (unpaired) electrons. The molecule has 0 aromatic heterocycles. The number of hydrogen-bond acceptors (Lipinski definition) is 3. The maximum atomic E-state index is 13.1. The molecule has 1 heterocycles. The summed E-state index contributed by atoms with van der Waals surface area (Å²) in [4.78, 5) is 14.1. The van der Waals surface area contributed by atoms with Crippen LogP contribution in [-0.4, -0.2) is 33.6 Å². The third kappa shape index (κ3) is 5.59. The maximum absolute atomic E-state index is 13.1. The Hall–Kier alpha value is -2.53. The van der Waals surface area contributed by atoms with Gasteiger partial charge in [-0.2, -0.15) is 0 Å². The quantitative estimate of drug-likeness (QED) is 0.557. The lowest BCUT2D eigenvalue weighted by Gasteiger charge is -2.37. The van der Waals surface area contributed by atoms with E-state index in [4.69, 9.17) is 0 Å². The number of rotatable bonds is 8. The molecule has 0 amide bonds.